The van der Waals surface area contributed by atoms with Crippen LogP contribution in [0, 0.1) is 0 Å². The third-order valence-electron chi connectivity index (χ3n) is 4.51. The van der Waals surface area contributed by atoms with Crippen molar-refractivity contribution in [1.29, 1.82) is 0 Å². The molecule has 2 amide bonds. The van der Waals surface area contributed by atoms with Crippen LogP contribution in [0.5, 0.6) is 0 Å². The molecule has 0 aliphatic carbocycles. The number of halogens is 3. The second-order valence-electron chi connectivity index (χ2n) is 6.72. The number of anilines is 1. The SMILES string of the molecule is C[C@@H](Nc1nc(CNC(=O)OC(=O)N2CCCC2)ncc1Cl)c1ccc(Cl)cc1Cl. The molecule has 11 heteroatoms. The van der Waals surface area contributed by atoms with Gasteiger partial charge in [0.05, 0.1) is 18.8 Å². The molecule has 1 aromatic heterocycles. The lowest BCUT2D eigenvalue weighted by molar-refractivity contribution is 0.124. The van der Waals surface area contributed by atoms with E-state index in [9.17, 15) is 9.59 Å². The summed E-state index contributed by atoms with van der Waals surface area (Å²) >= 11 is 18.4. The molecule has 0 unspecified atom stereocenters. The van der Waals surface area contributed by atoms with Crippen molar-refractivity contribution >= 4 is 52.8 Å². The normalized spacial score (nSPS) is 14.3. The molecule has 1 atom stereocenters. The van der Waals surface area contributed by atoms with Gasteiger partial charge >= 0.3 is 12.2 Å². The van der Waals surface area contributed by atoms with Crippen molar-refractivity contribution in [3.05, 3.63) is 50.9 Å². The summed E-state index contributed by atoms with van der Waals surface area (Å²) in [6.45, 7) is 3.05. The van der Waals surface area contributed by atoms with Crippen LogP contribution >= 0.6 is 34.8 Å². The number of carbonyl (C=O) groups excluding carboxylic acids is 2. The van der Waals surface area contributed by atoms with Crippen LogP contribution in [0.2, 0.25) is 15.1 Å². The number of hydrogen-bond donors (Lipinski definition) is 2. The van der Waals surface area contributed by atoms with Gasteiger partial charge in [0.15, 0.2) is 0 Å². The lowest BCUT2D eigenvalue weighted by Gasteiger charge is -2.18. The van der Waals surface area contributed by atoms with Gasteiger partial charge in [-0.2, -0.15) is 0 Å². The zero-order chi connectivity index (χ0) is 21.7. The van der Waals surface area contributed by atoms with Crippen LogP contribution in [0.15, 0.2) is 24.4 Å². The minimum Gasteiger partial charge on any atom is -0.362 e. The van der Waals surface area contributed by atoms with Crippen LogP contribution < -0.4 is 10.6 Å². The quantitative estimate of drug-likeness (QED) is 0.591. The van der Waals surface area contributed by atoms with Crippen molar-refractivity contribution in [2.75, 3.05) is 18.4 Å². The van der Waals surface area contributed by atoms with E-state index in [2.05, 4.69) is 20.6 Å². The average molecular weight is 473 g/mol. The number of alkyl carbamates (subject to hydrolysis) is 1. The van der Waals surface area contributed by atoms with Gasteiger partial charge in [-0.15, -0.1) is 0 Å². The Kier molecular flexibility index (Phi) is 7.58. The highest BCUT2D eigenvalue weighted by Gasteiger charge is 2.22. The number of ether oxygens (including phenoxy) is 1. The van der Waals surface area contributed by atoms with Gasteiger partial charge in [0.1, 0.15) is 16.7 Å². The van der Waals surface area contributed by atoms with E-state index < -0.39 is 12.2 Å². The van der Waals surface area contributed by atoms with Gasteiger partial charge in [0.25, 0.3) is 0 Å². The standard InChI is InChI=1S/C19H20Cl3N5O3/c1-11(13-5-4-12(20)8-14(13)21)25-17-15(22)9-23-16(26-17)10-24-18(28)30-19(29)27-6-2-3-7-27/h4-5,8-9,11H,2-3,6-7,10H2,1H3,(H,24,28)(H,23,25,26)/t11-/m1/s1. The molecular weight excluding hydrogens is 453 g/mol. The van der Waals surface area contributed by atoms with Gasteiger partial charge in [0, 0.05) is 23.1 Å². The summed E-state index contributed by atoms with van der Waals surface area (Å²) in [5, 5.41) is 6.99. The lowest BCUT2D eigenvalue weighted by Crippen LogP contribution is -2.34. The zero-order valence-electron chi connectivity index (χ0n) is 16.1. The molecule has 1 fully saturated rings. The Morgan fingerprint density at radius 1 is 1.20 bits per heavy atom. The molecule has 160 valence electrons. The van der Waals surface area contributed by atoms with Gasteiger partial charge < -0.3 is 20.3 Å². The first kappa shape index (κ1) is 22.4. The van der Waals surface area contributed by atoms with Crippen molar-refractivity contribution in [2.24, 2.45) is 0 Å². The zero-order valence-corrected chi connectivity index (χ0v) is 18.4. The first-order valence-corrected chi connectivity index (χ1v) is 10.4. The minimum absolute atomic E-state index is 0.0337. The topological polar surface area (TPSA) is 96.4 Å². The highest BCUT2D eigenvalue weighted by Crippen LogP contribution is 2.29. The molecule has 1 aliphatic rings. The number of nitrogens with one attached hydrogen (secondary N) is 2. The molecule has 0 saturated carbocycles. The van der Waals surface area contributed by atoms with Gasteiger partial charge in [-0.3, -0.25) is 0 Å². The molecule has 0 bridgehead atoms. The highest BCUT2D eigenvalue weighted by molar-refractivity contribution is 6.35. The van der Waals surface area contributed by atoms with Gasteiger partial charge in [-0.05, 0) is 37.5 Å². The van der Waals surface area contributed by atoms with Crippen molar-refractivity contribution in [1.82, 2.24) is 20.2 Å². The van der Waals surface area contributed by atoms with Crippen LogP contribution in [-0.2, 0) is 11.3 Å². The van der Waals surface area contributed by atoms with Gasteiger partial charge in [0.2, 0.25) is 0 Å². The molecule has 30 heavy (non-hydrogen) atoms. The first-order valence-electron chi connectivity index (χ1n) is 9.31. The Bertz CT molecular complexity index is 938. The molecule has 0 radical (unpaired) electrons. The average Bonchev–Trinajstić information content (AvgIpc) is 3.23. The van der Waals surface area contributed by atoms with Crippen LogP contribution in [0.4, 0.5) is 15.4 Å². The Morgan fingerprint density at radius 2 is 1.93 bits per heavy atom. The van der Waals surface area contributed by atoms with Gasteiger partial charge in [-0.25, -0.2) is 19.6 Å². The fraction of sp³-hybridized carbons (Fsp3) is 0.368. The predicted octanol–water partition coefficient (Wildman–Crippen LogP) is 5.05. The molecule has 2 N–H and O–H groups in total. The van der Waals surface area contributed by atoms with Crippen molar-refractivity contribution in [3.8, 4) is 0 Å². The maximum Gasteiger partial charge on any atom is 0.418 e. The fourth-order valence-corrected chi connectivity index (χ4v) is 3.67. The van der Waals surface area contributed by atoms with E-state index >= 15 is 0 Å². The van der Waals surface area contributed by atoms with E-state index in [0.717, 1.165) is 18.4 Å². The Morgan fingerprint density at radius 3 is 2.63 bits per heavy atom. The molecule has 1 saturated heterocycles. The molecule has 8 nitrogen and oxygen atoms in total. The largest absolute Gasteiger partial charge is 0.418 e. The monoisotopic (exact) mass is 471 g/mol. The van der Waals surface area contributed by atoms with Crippen molar-refractivity contribution in [3.63, 3.8) is 0 Å². The smallest absolute Gasteiger partial charge is 0.362 e. The van der Waals surface area contributed by atoms with E-state index in [1.807, 2.05) is 13.0 Å². The third-order valence-corrected chi connectivity index (χ3v) is 5.35. The second-order valence-corrected chi connectivity index (χ2v) is 7.97. The Labute approximate surface area is 188 Å². The first-order chi connectivity index (χ1) is 14.3. The van der Waals surface area contributed by atoms with E-state index in [-0.39, 0.29) is 12.6 Å². The van der Waals surface area contributed by atoms with E-state index in [4.69, 9.17) is 39.5 Å². The summed E-state index contributed by atoms with van der Waals surface area (Å²) in [5.74, 6) is 0.672. The number of hydrogen-bond acceptors (Lipinski definition) is 6. The second kappa shape index (κ2) is 10.1. The van der Waals surface area contributed by atoms with Crippen LogP contribution in [0.1, 0.15) is 37.2 Å². The molecule has 2 aromatic rings. The molecule has 1 aliphatic heterocycles. The maximum absolute atomic E-state index is 11.9. The van der Waals surface area contributed by atoms with E-state index in [1.54, 1.807) is 12.1 Å². The number of carbonyl (C=O) groups is 2. The molecule has 1 aromatic carbocycles. The minimum atomic E-state index is -0.860. The highest BCUT2D eigenvalue weighted by atomic mass is 35.5. The lowest BCUT2D eigenvalue weighted by atomic mass is 10.1. The number of nitrogens with zero attached hydrogens (tertiary/aromatic N) is 3. The fourth-order valence-electron chi connectivity index (χ4n) is 2.96. The van der Waals surface area contributed by atoms with Crippen molar-refractivity contribution < 1.29 is 14.3 Å². The number of amides is 2. The summed E-state index contributed by atoms with van der Waals surface area (Å²) in [7, 11) is 0. The maximum atomic E-state index is 11.9. The Balaban J connectivity index is 1.59. The predicted molar refractivity (Wildman–Crippen MR) is 115 cm³/mol. The van der Waals surface area contributed by atoms with E-state index in [0.29, 0.717) is 39.8 Å². The summed E-state index contributed by atoms with van der Waals surface area (Å²) < 4.78 is 4.77. The third kappa shape index (κ3) is 5.87. The summed E-state index contributed by atoms with van der Waals surface area (Å²) in [4.78, 5) is 33.6. The molecule has 3 rings (SSSR count). The number of benzene rings is 1. The molecule has 0 spiro atoms. The number of rotatable bonds is 5. The summed E-state index contributed by atoms with van der Waals surface area (Å²) in [5.41, 5.74) is 0.819. The Hall–Kier alpha value is -2.29. The summed E-state index contributed by atoms with van der Waals surface area (Å²) in [6.07, 6.45) is 1.72. The molecule has 2 heterocycles. The van der Waals surface area contributed by atoms with Crippen LogP contribution in [0.25, 0.3) is 0 Å². The van der Waals surface area contributed by atoms with Crippen molar-refractivity contribution in [2.45, 2.75) is 32.4 Å². The van der Waals surface area contributed by atoms with E-state index in [1.165, 1.54) is 11.1 Å². The van der Waals surface area contributed by atoms with Crippen LogP contribution in [-0.4, -0.2) is 40.1 Å². The number of likely N-dealkylation sites (tertiary alicyclic amines) is 1. The van der Waals surface area contributed by atoms with Crippen LogP contribution in [0.3, 0.4) is 0 Å². The number of aromatic nitrogens is 2. The van der Waals surface area contributed by atoms with Gasteiger partial charge in [-0.1, -0.05) is 40.9 Å². The molecular formula is C19H20Cl3N5O3. The summed E-state index contributed by atoms with van der Waals surface area (Å²) in [6, 6.07) is 4.99.